The Morgan fingerprint density at radius 3 is 2.93 bits per heavy atom. The molecule has 0 spiro atoms. The Bertz CT molecular complexity index is 467. The molecule has 1 aromatic carbocycles. The molecule has 0 atom stereocenters. The lowest BCUT2D eigenvalue weighted by Gasteiger charge is -2.02. The van der Waals surface area contributed by atoms with Gasteiger partial charge in [-0.2, -0.15) is 0 Å². The second-order valence-corrected chi connectivity index (χ2v) is 3.56. The molecule has 0 fully saturated rings. The molecule has 2 aromatic rings. The molecular weight excluding hydrogens is 188 g/mol. The van der Waals surface area contributed by atoms with Crippen molar-refractivity contribution in [1.29, 1.82) is 0 Å². The van der Waals surface area contributed by atoms with Crippen LogP contribution >= 0.6 is 0 Å². The van der Waals surface area contributed by atoms with Crippen molar-refractivity contribution in [3.05, 3.63) is 29.6 Å². The number of aromatic nitrogens is 3. The Hall–Kier alpha value is -1.55. The van der Waals surface area contributed by atoms with Crippen molar-refractivity contribution in [2.75, 3.05) is 6.54 Å². The molecule has 15 heavy (non-hydrogen) atoms. The van der Waals surface area contributed by atoms with Crippen molar-refractivity contribution in [2.45, 2.75) is 19.8 Å². The molecule has 0 bridgehead atoms. The normalized spacial score (nSPS) is 10.8. The maximum Gasteiger partial charge on any atom is 0.151 e. The summed E-state index contributed by atoms with van der Waals surface area (Å²) in [6.45, 7) is 2.69. The van der Waals surface area contributed by atoms with Crippen LogP contribution in [0.4, 0.5) is 0 Å². The van der Waals surface area contributed by atoms with Crippen LogP contribution in [-0.2, 0) is 6.42 Å². The number of rotatable bonds is 3. The van der Waals surface area contributed by atoms with Gasteiger partial charge in [0.25, 0.3) is 0 Å². The van der Waals surface area contributed by atoms with Crippen LogP contribution in [0.5, 0.6) is 0 Å². The van der Waals surface area contributed by atoms with Crippen LogP contribution in [0.2, 0.25) is 0 Å². The van der Waals surface area contributed by atoms with Crippen LogP contribution in [-0.4, -0.2) is 21.7 Å². The van der Waals surface area contributed by atoms with Gasteiger partial charge in [-0.3, -0.25) is 0 Å². The molecule has 2 N–H and O–H groups in total. The summed E-state index contributed by atoms with van der Waals surface area (Å²) in [4.78, 5) is 4.48. The lowest BCUT2D eigenvalue weighted by atomic mass is 10.2. The predicted octanol–water partition coefficient (Wildman–Crippen LogP) is 1.22. The molecule has 2 rings (SSSR count). The third-order valence-corrected chi connectivity index (χ3v) is 2.33. The van der Waals surface area contributed by atoms with Crippen molar-refractivity contribution in [1.82, 2.24) is 15.2 Å². The van der Waals surface area contributed by atoms with E-state index >= 15 is 0 Å². The van der Waals surface area contributed by atoms with Gasteiger partial charge in [-0.1, -0.05) is 12.1 Å². The third-order valence-electron chi connectivity index (χ3n) is 2.33. The van der Waals surface area contributed by atoms with Crippen molar-refractivity contribution in [2.24, 2.45) is 5.73 Å². The minimum absolute atomic E-state index is 0.662. The highest BCUT2D eigenvalue weighted by Crippen LogP contribution is 2.12. The first kappa shape index (κ1) is 9.98. The fourth-order valence-corrected chi connectivity index (χ4v) is 1.50. The highest BCUT2D eigenvalue weighted by atomic mass is 15.1. The summed E-state index contributed by atoms with van der Waals surface area (Å²) in [7, 11) is 0. The molecule has 78 valence electrons. The lowest BCUT2D eigenvalue weighted by Crippen LogP contribution is -2.04. The number of nitrogens with zero attached hydrogens (tertiary/aromatic N) is 3. The standard InChI is InChI=1S/C11H14N4/c1-8-4-2-5-9-11(8)13-10(15-14-9)6-3-7-12/h2,4-5H,3,6-7,12H2,1H3. The smallest absolute Gasteiger partial charge is 0.151 e. The predicted molar refractivity (Wildman–Crippen MR) is 59.4 cm³/mol. The van der Waals surface area contributed by atoms with E-state index in [0.717, 1.165) is 35.3 Å². The first-order valence-corrected chi connectivity index (χ1v) is 5.10. The topological polar surface area (TPSA) is 64.7 Å². The minimum Gasteiger partial charge on any atom is -0.330 e. The van der Waals surface area contributed by atoms with E-state index in [1.54, 1.807) is 0 Å². The van der Waals surface area contributed by atoms with Gasteiger partial charge in [-0.25, -0.2) is 4.98 Å². The molecule has 0 unspecified atom stereocenters. The summed E-state index contributed by atoms with van der Waals surface area (Å²) in [5.41, 5.74) is 8.38. The van der Waals surface area contributed by atoms with Gasteiger partial charge in [0.05, 0.1) is 5.52 Å². The molecule has 0 aliphatic rings. The molecule has 4 nitrogen and oxygen atoms in total. The van der Waals surface area contributed by atoms with E-state index in [-0.39, 0.29) is 0 Å². The number of nitrogens with two attached hydrogens (primary N) is 1. The van der Waals surface area contributed by atoms with Crippen molar-refractivity contribution in [3.8, 4) is 0 Å². The van der Waals surface area contributed by atoms with Gasteiger partial charge in [0, 0.05) is 6.42 Å². The van der Waals surface area contributed by atoms with Gasteiger partial charge in [-0.05, 0) is 31.5 Å². The molecule has 0 aliphatic carbocycles. The molecule has 0 aliphatic heterocycles. The van der Waals surface area contributed by atoms with Crippen LogP contribution in [0.1, 0.15) is 17.8 Å². The molecular formula is C11H14N4. The largest absolute Gasteiger partial charge is 0.330 e. The SMILES string of the molecule is Cc1cccc2nnc(CCCN)nc12. The zero-order valence-electron chi connectivity index (χ0n) is 8.77. The minimum atomic E-state index is 0.662. The van der Waals surface area contributed by atoms with Gasteiger partial charge >= 0.3 is 0 Å². The number of benzene rings is 1. The quantitative estimate of drug-likeness (QED) is 0.812. The molecule has 0 saturated heterocycles. The molecule has 0 radical (unpaired) electrons. The maximum atomic E-state index is 5.44. The highest BCUT2D eigenvalue weighted by molar-refractivity contribution is 5.76. The van der Waals surface area contributed by atoms with E-state index < -0.39 is 0 Å². The van der Waals surface area contributed by atoms with Crippen LogP contribution in [0, 0.1) is 6.92 Å². The van der Waals surface area contributed by atoms with Crippen molar-refractivity contribution >= 4 is 11.0 Å². The van der Waals surface area contributed by atoms with Gasteiger partial charge in [0.1, 0.15) is 5.52 Å². The van der Waals surface area contributed by atoms with Crippen LogP contribution in [0.25, 0.3) is 11.0 Å². The number of para-hydroxylation sites is 1. The summed E-state index contributed by atoms with van der Waals surface area (Å²) in [6, 6.07) is 5.92. The fraction of sp³-hybridized carbons (Fsp3) is 0.364. The summed E-state index contributed by atoms with van der Waals surface area (Å²) in [5, 5.41) is 8.21. The van der Waals surface area contributed by atoms with E-state index in [2.05, 4.69) is 15.2 Å². The Balaban J connectivity index is 2.41. The fourth-order valence-electron chi connectivity index (χ4n) is 1.50. The van der Waals surface area contributed by atoms with E-state index in [4.69, 9.17) is 5.73 Å². The van der Waals surface area contributed by atoms with E-state index in [1.807, 2.05) is 25.1 Å². The Morgan fingerprint density at radius 1 is 1.27 bits per heavy atom. The van der Waals surface area contributed by atoms with Crippen LogP contribution in [0.15, 0.2) is 18.2 Å². The Kier molecular flexibility index (Phi) is 2.87. The summed E-state index contributed by atoms with van der Waals surface area (Å²) < 4.78 is 0. The Labute approximate surface area is 88.5 Å². The highest BCUT2D eigenvalue weighted by Gasteiger charge is 2.02. The van der Waals surface area contributed by atoms with E-state index in [0.29, 0.717) is 6.54 Å². The van der Waals surface area contributed by atoms with Crippen molar-refractivity contribution in [3.63, 3.8) is 0 Å². The first-order chi connectivity index (χ1) is 7.31. The van der Waals surface area contributed by atoms with Gasteiger partial charge < -0.3 is 5.73 Å². The summed E-state index contributed by atoms with van der Waals surface area (Å²) in [5.74, 6) is 0.780. The zero-order chi connectivity index (χ0) is 10.7. The average molecular weight is 202 g/mol. The summed E-state index contributed by atoms with van der Waals surface area (Å²) in [6.07, 6.45) is 1.70. The summed E-state index contributed by atoms with van der Waals surface area (Å²) >= 11 is 0. The number of aryl methyl sites for hydroxylation is 2. The molecule has 1 aromatic heterocycles. The molecule has 0 saturated carbocycles. The second kappa shape index (κ2) is 4.31. The number of fused-ring (bicyclic) bond motifs is 1. The Morgan fingerprint density at radius 2 is 2.13 bits per heavy atom. The molecule has 0 amide bonds. The van der Waals surface area contributed by atoms with Gasteiger partial charge in [0.15, 0.2) is 5.82 Å². The lowest BCUT2D eigenvalue weighted by molar-refractivity contribution is 0.763. The maximum absolute atomic E-state index is 5.44. The molecule has 4 heteroatoms. The molecule has 1 heterocycles. The van der Waals surface area contributed by atoms with Gasteiger partial charge in [0.2, 0.25) is 0 Å². The second-order valence-electron chi connectivity index (χ2n) is 3.56. The zero-order valence-corrected chi connectivity index (χ0v) is 8.77. The third kappa shape index (κ3) is 2.10. The monoisotopic (exact) mass is 202 g/mol. The van der Waals surface area contributed by atoms with Crippen LogP contribution < -0.4 is 5.73 Å². The van der Waals surface area contributed by atoms with Crippen molar-refractivity contribution < 1.29 is 0 Å². The average Bonchev–Trinajstić information content (AvgIpc) is 2.27. The number of hydrogen-bond donors (Lipinski definition) is 1. The van der Waals surface area contributed by atoms with E-state index in [9.17, 15) is 0 Å². The van der Waals surface area contributed by atoms with Crippen LogP contribution in [0.3, 0.4) is 0 Å². The number of hydrogen-bond acceptors (Lipinski definition) is 4. The first-order valence-electron chi connectivity index (χ1n) is 5.10. The van der Waals surface area contributed by atoms with Gasteiger partial charge in [-0.15, -0.1) is 10.2 Å². The van der Waals surface area contributed by atoms with E-state index in [1.165, 1.54) is 0 Å².